The average molecular weight is 356 g/mol. The third kappa shape index (κ3) is 5.77. The van der Waals surface area contributed by atoms with Crippen molar-refractivity contribution in [3.63, 3.8) is 0 Å². The lowest BCUT2D eigenvalue weighted by Crippen LogP contribution is -2.33. The van der Waals surface area contributed by atoms with E-state index in [2.05, 4.69) is 24.4 Å². The molecule has 0 aromatic heterocycles. The van der Waals surface area contributed by atoms with Gasteiger partial charge in [-0.05, 0) is 63.2 Å². The van der Waals surface area contributed by atoms with E-state index in [0.29, 0.717) is 19.7 Å². The minimum absolute atomic E-state index is 0.0213. The number of amides is 1. The summed E-state index contributed by atoms with van der Waals surface area (Å²) >= 11 is 0. The fourth-order valence-corrected chi connectivity index (χ4v) is 2.87. The molecular formula is C21H28N2O3. The fraction of sp³-hybridized carbons (Fsp3) is 0.381. The Morgan fingerprint density at radius 1 is 1.04 bits per heavy atom. The Balaban J connectivity index is 1.78. The van der Waals surface area contributed by atoms with Crippen molar-refractivity contribution in [3.05, 3.63) is 53.1 Å². The summed E-state index contributed by atoms with van der Waals surface area (Å²) in [6.07, 6.45) is 0. The summed E-state index contributed by atoms with van der Waals surface area (Å²) in [4.78, 5) is 14.3. The third-order valence-corrected chi connectivity index (χ3v) is 4.16. The fourth-order valence-electron chi connectivity index (χ4n) is 2.87. The molecule has 0 fully saturated rings. The van der Waals surface area contributed by atoms with E-state index in [0.717, 1.165) is 28.3 Å². The van der Waals surface area contributed by atoms with E-state index >= 15 is 0 Å². The predicted octanol–water partition coefficient (Wildman–Crippen LogP) is 3.57. The molecule has 0 aliphatic heterocycles. The topological polar surface area (TPSA) is 50.8 Å². The summed E-state index contributed by atoms with van der Waals surface area (Å²) in [5.74, 6) is 1.56. The molecule has 2 aromatic carbocycles. The molecule has 1 N–H and O–H groups in total. The molecule has 1 amide bonds. The highest BCUT2D eigenvalue weighted by Crippen LogP contribution is 2.21. The second kappa shape index (κ2) is 9.25. The number of aryl methyl sites for hydroxylation is 3. The number of anilines is 1. The van der Waals surface area contributed by atoms with Gasteiger partial charge in [0.1, 0.15) is 18.1 Å². The number of carbonyl (C=O) groups excluding carboxylic acids is 1. The molecule has 26 heavy (non-hydrogen) atoms. The monoisotopic (exact) mass is 356 g/mol. The standard InChI is InChI=1S/C21H28N2O3/c1-15-12-16(2)21(17(3)13-15)22-20(24)14-23(4)10-11-26-19-8-6-18(25-5)7-9-19/h6-9,12-13H,10-11,14H2,1-5H3,(H,22,24). The lowest BCUT2D eigenvalue weighted by Gasteiger charge is -2.18. The van der Waals surface area contributed by atoms with Crippen molar-refractivity contribution in [1.29, 1.82) is 0 Å². The van der Waals surface area contributed by atoms with Crippen LogP contribution in [0.5, 0.6) is 11.5 Å². The number of nitrogens with zero attached hydrogens (tertiary/aromatic N) is 1. The van der Waals surface area contributed by atoms with Gasteiger partial charge in [0.05, 0.1) is 13.7 Å². The van der Waals surface area contributed by atoms with Crippen LogP contribution >= 0.6 is 0 Å². The van der Waals surface area contributed by atoms with Crippen LogP contribution in [0.2, 0.25) is 0 Å². The molecule has 0 aliphatic rings. The number of benzene rings is 2. The first kappa shape index (κ1) is 19.8. The highest BCUT2D eigenvalue weighted by Gasteiger charge is 2.10. The van der Waals surface area contributed by atoms with E-state index < -0.39 is 0 Å². The smallest absolute Gasteiger partial charge is 0.238 e. The number of likely N-dealkylation sites (N-methyl/N-ethyl adjacent to an activating group) is 1. The van der Waals surface area contributed by atoms with Crippen LogP contribution in [0, 0.1) is 20.8 Å². The molecule has 0 heterocycles. The first-order valence-electron chi connectivity index (χ1n) is 8.72. The number of carbonyl (C=O) groups is 1. The first-order valence-corrected chi connectivity index (χ1v) is 8.72. The number of hydrogen-bond donors (Lipinski definition) is 1. The predicted molar refractivity (Wildman–Crippen MR) is 105 cm³/mol. The lowest BCUT2D eigenvalue weighted by molar-refractivity contribution is -0.117. The van der Waals surface area contributed by atoms with Gasteiger partial charge in [0, 0.05) is 12.2 Å². The molecule has 5 heteroatoms. The van der Waals surface area contributed by atoms with E-state index in [9.17, 15) is 4.79 Å². The van der Waals surface area contributed by atoms with Crippen LogP contribution in [-0.2, 0) is 4.79 Å². The zero-order valence-electron chi connectivity index (χ0n) is 16.3. The summed E-state index contributed by atoms with van der Waals surface area (Å²) in [6, 6.07) is 11.6. The van der Waals surface area contributed by atoms with Crippen molar-refractivity contribution in [2.75, 3.05) is 39.2 Å². The second-order valence-electron chi connectivity index (χ2n) is 6.58. The molecule has 0 spiro atoms. The van der Waals surface area contributed by atoms with Crippen LogP contribution in [-0.4, -0.2) is 44.7 Å². The molecule has 5 nitrogen and oxygen atoms in total. The maximum absolute atomic E-state index is 12.3. The summed E-state index contributed by atoms with van der Waals surface area (Å²) < 4.78 is 10.8. The Morgan fingerprint density at radius 2 is 1.62 bits per heavy atom. The van der Waals surface area contributed by atoms with E-state index in [1.807, 2.05) is 50.1 Å². The van der Waals surface area contributed by atoms with Crippen LogP contribution in [0.3, 0.4) is 0 Å². The van der Waals surface area contributed by atoms with Gasteiger partial charge in [-0.1, -0.05) is 17.7 Å². The summed E-state index contributed by atoms with van der Waals surface area (Å²) in [5.41, 5.74) is 4.27. The number of rotatable bonds is 8. The van der Waals surface area contributed by atoms with Gasteiger partial charge in [0.15, 0.2) is 0 Å². The molecule has 140 valence electrons. The minimum Gasteiger partial charge on any atom is -0.497 e. The Kier molecular flexibility index (Phi) is 7.04. The van der Waals surface area contributed by atoms with Gasteiger partial charge in [0.2, 0.25) is 5.91 Å². The number of hydrogen-bond acceptors (Lipinski definition) is 4. The van der Waals surface area contributed by atoms with Gasteiger partial charge >= 0.3 is 0 Å². The maximum atomic E-state index is 12.3. The SMILES string of the molecule is COc1ccc(OCCN(C)CC(=O)Nc2c(C)cc(C)cc2C)cc1. The van der Waals surface area contributed by atoms with Gasteiger partial charge in [-0.3, -0.25) is 9.69 Å². The van der Waals surface area contributed by atoms with Crippen molar-refractivity contribution < 1.29 is 14.3 Å². The van der Waals surface area contributed by atoms with Crippen molar-refractivity contribution in [3.8, 4) is 11.5 Å². The van der Waals surface area contributed by atoms with Crippen molar-refractivity contribution in [1.82, 2.24) is 4.90 Å². The van der Waals surface area contributed by atoms with Crippen molar-refractivity contribution >= 4 is 11.6 Å². The molecule has 0 unspecified atom stereocenters. The van der Waals surface area contributed by atoms with E-state index in [4.69, 9.17) is 9.47 Å². The molecule has 0 radical (unpaired) electrons. The van der Waals surface area contributed by atoms with Crippen molar-refractivity contribution in [2.24, 2.45) is 0 Å². The summed E-state index contributed by atoms with van der Waals surface area (Å²) in [6.45, 7) is 7.58. The zero-order valence-corrected chi connectivity index (χ0v) is 16.3. The molecule has 0 aliphatic carbocycles. The molecule has 2 rings (SSSR count). The Labute approximate surface area is 155 Å². The molecule has 0 atom stereocenters. The minimum atomic E-state index is -0.0213. The summed E-state index contributed by atoms with van der Waals surface area (Å²) in [5, 5.41) is 3.02. The normalized spacial score (nSPS) is 10.7. The number of methoxy groups -OCH3 is 1. The summed E-state index contributed by atoms with van der Waals surface area (Å²) in [7, 11) is 3.54. The Hall–Kier alpha value is -2.53. The largest absolute Gasteiger partial charge is 0.497 e. The van der Waals surface area contributed by atoms with E-state index in [1.54, 1.807) is 7.11 Å². The second-order valence-corrected chi connectivity index (χ2v) is 6.58. The van der Waals surface area contributed by atoms with Crippen LogP contribution in [0.15, 0.2) is 36.4 Å². The number of ether oxygens (including phenoxy) is 2. The Morgan fingerprint density at radius 3 is 2.19 bits per heavy atom. The van der Waals surface area contributed by atoms with Gasteiger partial charge < -0.3 is 14.8 Å². The maximum Gasteiger partial charge on any atom is 0.238 e. The zero-order chi connectivity index (χ0) is 19.1. The average Bonchev–Trinajstić information content (AvgIpc) is 2.58. The highest BCUT2D eigenvalue weighted by molar-refractivity contribution is 5.93. The number of nitrogens with one attached hydrogen (secondary N) is 1. The third-order valence-electron chi connectivity index (χ3n) is 4.16. The highest BCUT2D eigenvalue weighted by atomic mass is 16.5. The molecule has 2 aromatic rings. The van der Waals surface area contributed by atoms with Gasteiger partial charge in [-0.25, -0.2) is 0 Å². The van der Waals surface area contributed by atoms with Crippen LogP contribution in [0.4, 0.5) is 5.69 Å². The van der Waals surface area contributed by atoms with Gasteiger partial charge in [0.25, 0.3) is 0 Å². The molecule has 0 saturated heterocycles. The quantitative estimate of drug-likeness (QED) is 0.786. The van der Waals surface area contributed by atoms with Crippen LogP contribution < -0.4 is 14.8 Å². The molecule has 0 saturated carbocycles. The van der Waals surface area contributed by atoms with E-state index in [1.165, 1.54) is 5.56 Å². The van der Waals surface area contributed by atoms with E-state index in [-0.39, 0.29) is 5.91 Å². The van der Waals surface area contributed by atoms with Gasteiger partial charge in [-0.15, -0.1) is 0 Å². The van der Waals surface area contributed by atoms with Crippen LogP contribution in [0.1, 0.15) is 16.7 Å². The molecular weight excluding hydrogens is 328 g/mol. The van der Waals surface area contributed by atoms with Crippen molar-refractivity contribution in [2.45, 2.75) is 20.8 Å². The first-order chi connectivity index (χ1) is 12.4. The lowest BCUT2D eigenvalue weighted by atomic mass is 10.1. The van der Waals surface area contributed by atoms with Gasteiger partial charge in [-0.2, -0.15) is 0 Å². The Bertz CT molecular complexity index is 718. The molecule has 0 bridgehead atoms. The van der Waals surface area contributed by atoms with Crippen LogP contribution in [0.25, 0.3) is 0 Å².